The number of amides is 2. The fraction of sp³-hybridized carbons (Fsp3) is 0.500. The number of methoxy groups -OCH3 is 1. The van der Waals surface area contributed by atoms with Crippen molar-refractivity contribution in [1.82, 2.24) is 14.7 Å². The number of carbonyl (C=O) groups excluding carboxylic acids is 2. The first-order valence-electron chi connectivity index (χ1n) is 12.2. The first kappa shape index (κ1) is 26.0. The van der Waals surface area contributed by atoms with Crippen LogP contribution in [0.15, 0.2) is 42.3 Å². The normalized spacial score (nSPS) is 17.3. The fourth-order valence-electron chi connectivity index (χ4n) is 4.77. The molecule has 1 saturated carbocycles. The van der Waals surface area contributed by atoms with Crippen LogP contribution in [0.2, 0.25) is 5.02 Å². The van der Waals surface area contributed by atoms with E-state index < -0.39 is 11.6 Å². The molecule has 10 heteroatoms. The third kappa shape index (κ3) is 6.39. The van der Waals surface area contributed by atoms with E-state index in [0.29, 0.717) is 40.4 Å². The number of carbonyl (C=O) groups is 2. The van der Waals surface area contributed by atoms with Crippen LogP contribution in [0.5, 0.6) is 11.5 Å². The summed E-state index contributed by atoms with van der Waals surface area (Å²) < 4.78 is 12.7. The summed E-state index contributed by atoms with van der Waals surface area (Å²) >= 11 is 6.35. The van der Waals surface area contributed by atoms with Crippen molar-refractivity contribution in [2.24, 2.45) is 5.92 Å². The smallest absolute Gasteiger partial charge is 0.251 e. The highest BCUT2D eigenvalue weighted by Gasteiger charge is 2.37. The molecule has 4 rings (SSSR count). The highest BCUT2D eigenvalue weighted by atomic mass is 35.5. The van der Waals surface area contributed by atoms with Crippen molar-refractivity contribution in [3.63, 3.8) is 0 Å². The van der Waals surface area contributed by atoms with Crippen LogP contribution in [-0.4, -0.2) is 56.9 Å². The minimum atomic E-state index is -0.936. The monoisotopic (exact) mass is 516 g/mol. The largest absolute Gasteiger partial charge is 0.495 e. The van der Waals surface area contributed by atoms with Gasteiger partial charge < -0.3 is 24.8 Å². The van der Waals surface area contributed by atoms with Crippen molar-refractivity contribution in [1.29, 1.82) is 0 Å². The van der Waals surface area contributed by atoms with Gasteiger partial charge in [-0.25, -0.2) is 0 Å². The number of hydrogen-bond acceptors (Lipinski definition) is 6. The zero-order valence-electron chi connectivity index (χ0n) is 20.9. The summed E-state index contributed by atoms with van der Waals surface area (Å²) in [6, 6.07) is 6.19. The van der Waals surface area contributed by atoms with Gasteiger partial charge in [-0.2, -0.15) is 5.10 Å². The van der Waals surface area contributed by atoms with Crippen molar-refractivity contribution in [3.05, 3.63) is 47.3 Å². The molecule has 0 saturated heterocycles. The minimum Gasteiger partial charge on any atom is -0.495 e. The highest BCUT2D eigenvalue weighted by molar-refractivity contribution is 6.33. The quantitative estimate of drug-likeness (QED) is 0.494. The van der Waals surface area contributed by atoms with Crippen molar-refractivity contribution in [3.8, 4) is 11.5 Å². The minimum absolute atomic E-state index is 0.157. The third-order valence-electron chi connectivity index (χ3n) is 6.43. The Morgan fingerprint density at radius 3 is 2.69 bits per heavy atom. The van der Waals surface area contributed by atoms with Crippen LogP contribution in [0.25, 0.3) is 0 Å². The Morgan fingerprint density at radius 1 is 1.28 bits per heavy atom. The van der Waals surface area contributed by atoms with Crippen molar-refractivity contribution in [2.75, 3.05) is 19.0 Å². The van der Waals surface area contributed by atoms with E-state index in [4.69, 9.17) is 21.1 Å². The molecule has 1 atom stereocenters. The topological polar surface area (TPSA) is 106 Å². The number of nitrogens with one attached hydrogen (secondary N) is 1. The number of hydrogen-bond donors (Lipinski definition) is 2. The molecule has 0 bridgehead atoms. The maximum atomic E-state index is 13.4. The third-order valence-corrected chi connectivity index (χ3v) is 6.81. The lowest BCUT2D eigenvalue weighted by Crippen LogP contribution is -2.46. The lowest BCUT2D eigenvalue weighted by Gasteiger charge is -2.29. The zero-order chi connectivity index (χ0) is 25.9. The first-order chi connectivity index (χ1) is 17.1. The number of benzene rings is 1. The Morgan fingerprint density at radius 2 is 2.00 bits per heavy atom. The van der Waals surface area contributed by atoms with Gasteiger partial charge in [-0.1, -0.05) is 43.4 Å². The summed E-state index contributed by atoms with van der Waals surface area (Å²) in [5, 5.41) is 17.6. The van der Waals surface area contributed by atoms with Gasteiger partial charge >= 0.3 is 0 Å². The van der Waals surface area contributed by atoms with Crippen LogP contribution in [0.3, 0.4) is 0 Å². The predicted octanol–water partition coefficient (Wildman–Crippen LogP) is 4.01. The molecule has 194 valence electrons. The SMILES string of the molecule is COc1cccc(OC2=CC(=O)N([C@@H](CC3CCCC3)C(=O)Nc3ccn(CC(C)(C)O)n3)C2)c1Cl. The molecule has 2 aliphatic rings. The molecule has 0 unspecified atom stereocenters. The van der Waals surface area contributed by atoms with Gasteiger partial charge in [-0.15, -0.1) is 0 Å². The van der Waals surface area contributed by atoms with E-state index in [9.17, 15) is 14.7 Å². The highest BCUT2D eigenvalue weighted by Crippen LogP contribution is 2.36. The van der Waals surface area contributed by atoms with Gasteiger partial charge in [0.15, 0.2) is 5.82 Å². The number of ether oxygens (including phenoxy) is 2. The maximum absolute atomic E-state index is 13.4. The first-order valence-corrected chi connectivity index (χ1v) is 12.6. The van der Waals surface area contributed by atoms with Gasteiger partial charge in [0, 0.05) is 18.3 Å². The Hall–Kier alpha value is -3.04. The van der Waals surface area contributed by atoms with Gasteiger partial charge in [0.2, 0.25) is 5.91 Å². The molecule has 1 fully saturated rings. The average Bonchev–Trinajstić information content (AvgIpc) is 3.55. The van der Waals surface area contributed by atoms with E-state index >= 15 is 0 Å². The second kappa shape index (κ2) is 10.9. The lowest BCUT2D eigenvalue weighted by molar-refractivity contribution is -0.134. The van der Waals surface area contributed by atoms with E-state index in [1.165, 1.54) is 13.2 Å². The molecule has 0 spiro atoms. The van der Waals surface area contributed by atoms with Crippen molar-refractivity contribution in [2.45, 2.75) is 64.1 Å². The van der Waals surface area contributed by atoms with Crippen LogP contribution in [0.1, 0.15) is 46.0 Å². The predicted molar refractivity (Wildman–Crippen MR) is 136 cm³/mol. The molecule has 1 aromatic heterocycles. The summed E-state index contributed by atoms with van der Waals surface area (Å²) in [5.74, 6) is 1.44. The Balaban J connectivity index is 1.48. The van der Waals surface area contributed by atoms with Gasteiger partial charge in [0.1, 0.15) is 28.3 Å². The molecule has 9 nitrogen and oxygen atoms in total. The molecule has 1 aromatic carbocycles. The maximum Gasteiger partial charge on any atom is 0.251 e. The molecular formula is C26H33ClN4O5. The molecular weight excluding hydrogens is 484 g/mol. The van der Waals surface area contributed by atoms with Crippen molar-refractivity contribution < 1.29 is 24.2 Å². The Labute approximate surface area is 216 Å². The van der Waals surface area contributed by atoms with E-state index in [2.05, 4.69) is 10.4 Å². The molecule has 2 aromatic rings. The number of halogens is 1. The fourth-order valence-corrected chi connectivity index (χ4v) is 5.01. The average molecular weight is 517 g/mol. The lowest BCUT2D eigenvalue weighted by atomic mass is 9.96. The van der Waals surface area contributed by atoms with Crippen LogP contribution in [-0.2, 0) is 16.1 Å². The van der Waals surface area contributed by atoms with Gasteiger partial charge in [-0.05, 0) is 38.3 Å². The molecule has 1 aliphatic carbocycles. The van der Waals surface area contributed by atoms with Gasteiger partial charge in [0.25, 0.3) is 5.91 Å². The van der Waals surface area contributed by atoms with Crippen LogP contribution in [0, 0.1) is 5.92 Å². The standard InChI is InChI=1S/C26H33ClN4O5/c1-26(2,34)16-30-12-11-22(29-30)28-25(33)19(13-17-7-4-5-8-17)31-15-18(14-23(31)32)36-21-10-6-9-20(35-3)24(21)27/h6,9-12,14,17,19,34H,4-5,7-8,13,15-16H2,1-3H3,(H,28,29,33)/t19-/m0/s1. The Bertz CT molecular complexity index is 1130. The number of aliphatic hydroxyl groups is 1. The van der Waals surface area contributed by atoms with Crippen molar-refractivity contribution >= 4 is 29.2 Å². The molecule has 2 amide bonds. The summed E-state index contributed by atoms with van der Waals surface area (Å²) in [7, 11) is 1.52. The van der Waals surface area contributed by atoms with Crippen LogP contribution >= 0.6 is 11.6 Å². The molecule has 2 N–H and O–H groups in total. The van der Waals surface area contributed by atoms with E-state index in [-0.39, 0.29) is 24.9 Å². The summed E-state index contributed by atoms with van der Waals surface area (Å²) in [6.07, 6.45) is 8.03. The second-order valence-corrected chi connectivity index (χ2v) is 10.4. The number of nitrogens with zero attached hydrogens (tertiary/aromatic N) is 3. The molecule has 2 heterocycles. The molecule has 1 aliphatic heterocycles. The van der Waals surface area contributed by atoms with E-state index in [1.54, 1.807) is 53.9 Å². The molecule has 36 heavy (non-hydrogen) atoms. The number of rotatable bonds is 10. The summed E-state index contributed by atoms with van der Waals surface area (Å²) in [4.78, 5) is 28.0. The summed E-state index contributed by atoms with van der Waals surface area (Å²) in [6.45, 7) is 3.82. The van der Waals surface area contributed by atoms with Crippen LogP contribution < -0.4 is 14.8 Å². The van der Waals surface area contributed by atoms with E-state index in [1.807, 2.05) is 0 Å². The Kier molecular flexibility index (Phi) is 7.90. The van der Waals surface area contributed by atoms with Gasteiger partial charge in [0.05, 0.1) is 25.8 Å². The van der Waals surface area contributed by atoms with Gasteiger partial charge in [-0.3, -0.25) is 14.3 Å². The summed E-state index contributed by atoms with van der Waals surface area (Å²) in [5.41, 5.74) is -0.936. The number of aromatic nitrogens is 2. The zero-order valence-corrected chi connectivity index (χ0v) is 21.6. The number of anilines is 1. The van der Waals surface area contributed by atoms with E-state index in [0.717, 1.165) is 25.7 Å². The molecule has 0 radical (unpaired) electrons. The van der Waals surface area contributed by atoms with Crippen LogP contribution in [0.4, 0.5) is 5.82 Å². The second-order valence-electron chi connectivity index (χ2n) is 10.1.